The summed E-state index contributed by atoms with van der Waals surface area (Å²) >= 11 is 1.63. The molecule has 2 rings (SSSR count). The molecule has 1 saturated heterocycles. The van der Waals surface area contributed by atoms with Crippen LogP contribution in [0.1, 0.15) is 38.1 Å². The molecule has 1 aliphatic heterocycles. The normalized spacial score (nSPS) is 20.6. The number of rotatable bonds is 3. The van der Waals surface area contributed by atoms with Gasteiger partial charge in [-0.1, -0.05) is 12.1 Å². The Hall–Kier alpha value is -0.775. The van der Waals surface area contributed by atoms with Crippen LogP contribution in [0.15, 0.2) is 23.1 Å². The first-order valence-corrected chi connectivity index (χ1v) is 7.52. The molecule has 0 unspecified atom stereocenters. The first-order valence-electron chi connectivity index (χ1n) is 6.29. The molecule has 0 atom stereocenters. The molecule has 3 nitrogen and oxygen atoms in total. The minimum Gasteiger partial charge on any atom is -0.399 e. The lowest BCUT2D eigenvalue weighted by molar-refractivity contribution is 0.00578. The van der Waals surface area contributed by atoms with Crippen LogP contribution in [-0.2, 0) is 9.31 Å². The van der Waals surface area contributed by atoms with Gasteiger partial charge in [0.25, 0.3) is 0 Å². The van der Waals surface area contributed by atoms with E-state index >= 15 is 0 Å². The summed E-state index contributed by atoms with van der Waals surface area (Å²) in [6, 6.07) is 5.60. The zero-order valence-corrected chi connectivity index (χ0v) is 12.8. The highest BCUT2D eigenvalue weighted by Gasteiger charge is 2.52. The fourth-order valence-electron chi connectivity index (χ4n) is 1.98. The minimum atomic E-state index is -0.424. The van der Waals surface area contributed by atoms with E-state index < -0.39 is 7.12 Å². The molecule has 0 aromatic heterocycles. The molecular formula is C14H19BO3S. The third kappa shape index (κ3) is 2.60. The maximum absolute atomic E-state index is 10.9. The maximum atomic E-state index is 10.9. The van der Waals surface area contributed by atoms with Crippen molar-refractivity contribution in [2.45, 2.75) is 43.8 Å². The second-order valence-electron chi connectivity index (χ2n) is 5.71. The van der Waals surface area contributed by atoms with E-state index in [1.54, 1.807) is 11.8 Å². The Morgan fingerprint density at radius 3 is 2.21 bits per heavy atom. The average Bonchev–Trinajstić information content (AvgIpc) is 2.57. The molecule has 0 N–H and O–H groups in total. The zero-order valence-electron chi connectivity index (χ0n) is 12.0. The lowest BCUT2D eigenvalue weighted by atomic mass is 9.78. The van der Waals surface area contributed by atoms with Gasteiger partial charge in [0.1, 0.15) is 6.29 Å². The monoisotopic (exact) mass is 278 g/mol. The predicted molar refractivity (Wildman–Crippen MR) is 79.3 cm³/mol. The van der Waals surface area contributed by atoms with Crippen LogP contribution >= 0.6 is 11.8 Å². The Balaban J connectivity index is 2.40. The van der Waals surface area contributed by atoms with Crippen LogP contribution in [-0.4, -0.2) is 30.9 Å². The number of hydrogen-bond donors (Lipinski definition) is 0. The average molecular weight is 278 g/mol. The van der Waals surface area contributed by atoms with Gasteiger partial charge in [0.05, 0.1) is 11.2 Å². The Kier molecular flexibility index (Phi) is 3.82. The third-order valence-electron chi connectivity index (χ3n) is 3.90. The van der Waals surface area contributed by atoms with Gasteiger partial charge < -0.3 is 9.31 Å². The van der Waals surface area contributed by atoms with E-state index in [0.29, 0.717) is 5.56 Å². The second-order valence-corrected chi connectivity index (χ2v) is 6.56. The second kappa shape index (κ2) is 4.96. The Labute approximate surface area is 119 Å². The molecular weight excluding hydrogens is 259 g/mol. The van der Waals surface area contributed by atoms with Crippen molar-refractivity contribution < 1.29 is 14.1 Å². The lowest BCUT2D eigenvalue weighted by Gasteiger charge is -2.32. The van der Waals surface area contributed by atoms with Crippen molar-refractivity contribution in [2.24, 2.45) is 0 Å². The smallest absolute Gasteiger partial charge is 0.399 e. The van der Waals surface area contributed by atoms with Crippen LogP contribution in [0.2, 0.25) is 0 Å². The van der Waals surface area contributed by atoms with Gasteiger partial charge in [-0.25, -0.2) is 0 Å². The number of thioether (sulfide) groups is 1. The van der Waals surface area contributed by atoms with Gasteiger partial charge >= 0.3 is 7.12 Å². The van der Waals surface area contributed by atoms with E-state index in [9.17, 15) is 4.79 Å². The molecule has 0 spiro atoms. The van der Waals surface area contributed by atoms with Gasteiger partial charge in [-0.3, -0.25) is 4.79 Å². The van der Waals surface area contributed by atoms with E-state index in [-0.39, 0.29) is 11.2 Å². The van der Waals surface area contributed by atoms with E-state index in [4.69, 9.17) is 9.31 Å². The van der Waals surface area contributed by atoms with Gasteiger partial charge in [0, 0.05) is 10.5 Å². The highest BCUT2D eigenvalue weighted by Crippen LogP contribution is 2.37. The summed E-state index contributed by atoms with van der Waals surface area (Å²) in [4.78, 5) is 12.0. The molecule has 0 aliphatic carbocycles. The Bertz CT molecular complexity index is 483. The predicted octanol–water partition coefficient (Wildman–Crippen LogP) is 2.52. The SMILES string of the molecule is CSc1ccc(C=O)cc1B1OC(C)(C)C(C)(C)O1. The van der Waals surface area contributed by atoms with Gasteiger partial charge in [-0.15, -0.1) is 11.8 Å². The highest BCUT2D eigenvalue weighted by atomic mass is 32.2. The van der Waals surface area contributed by atoms with Crippen molar-refractivity contribution >= 4 is 30.6 Å². The van der Waals surface area contributed by atoms with Crippen LogP contribution in [0.25, 0.3) is 0 Å². The quantitative estimate of drug-likeness (QED) is 0.483. The van der Waals surface area contributed by atoms with Crippen LogP contribution in [0.3, 0.4) is 0 Å². The molecule has 19 heavy (non-hydrogen) atoms. The van der Waals surface area contributed by atoms with Crippen molar-refractivity contribution in [3.05, 3.63) is 23.8 Å². The van der Waals surface area contributed by atoms with Gasteiger partial charge in [0.2, 0.25) is 0 Å². The van der Waals surface area contributed by atoms with E-state index in [1.807, 2.05) is 52.1 Å². The summed E-state index contributed by atoms with van der Waals surface area (Å²) in [5.74, 6) is 0. The van der Waals surface area contributed by atoms with Crippen molar-refractivity contribution in [2.75, 3.05) is 6.26 Å². The molecule has 0 bridgehead atoms. The van der Waals surface area contributed by atoms with E-state index in [0.717, 1.165) is 16.6 Å². The van der Waals surface area contributed by atoms with Crippen LogP contribution in [0.4, 0.5) is 0 Å². The summed E-state index contributed by atoms with van der Waals surface area (Å²) in [6.07, 6.45) is 2.85. The molecule has 1 aliphatic rings. The Morgan fingerprint density at radius 2 is 1.74 bits per heavy atom. The highest BCUT2D eigenvalue weighted by molar-refractivity contribution is 7.98. The fraction of sp³-hybridized carbons (Fsp3) is 0.500. The number of aldehydes is 1. The zero-order chi connectivity index (χ0) is 14.3. The molecule has 0 radical (unpaired) electrons. The molecule has 0 saturated carbocycles. The number of carbonyl (C=O) groups excluding carboxylic acids is 1. The first kappa shape index (κ1) is 14.6. The standard InChI is InChI=1S/C14H19BO3S/c1-13(2)14(3,4)18-15(17-13)11-8-10(9-16)6-7-12(11)19-5/h6-9H,1-5H3. The number of benzene rings is 1. The molecule has 1 heterocycles. The molecule has 1 aromatic carbocycles. The largest absolute Gasteiger partial charge is 0.496 e. The Morgan fingerprint density at radius 1 is 1.16 bits per heavy atom. The molecule has 102 valence electrons. The minimum absolute atomic E-state index is 0.371. The number of hydrogen-bond acceptors (Lipinski definition) is 4. The molecule has 5 heteroatoms. The molecule has 1 aromatic rings. The van der Waals surface area contributed by atoms with E-state index in [2.05, 4.69) is 0 Å². The summed E-state index contributed by atoms with van der Waals surface area (Å²) in [6.45, 7) is 8.09. The van der Waals surface area contributed by atoms with Crippen LogP contribution in [0.5, 0.6) is 0 Å². The van der Waals surface area contributed by atoms with Gasteiger partial charge in [-0.05, 0) is 45.5 Å². The van der Waals surface area contributed by atoms with E-state index in [1.165, 1.54) is 0 Å². The van der Waals surface area contributed by atoms with Crippen molar-refractivity contribution in [3.63, 3.8) is 0 Å². The summed E-state index contributed by atoms with van der Waals surface area (Å²) < 4.78 is 12.1. The first-order chi connectivity index (χ1) is 8.80. The summed E-state index contributed by atoms with van der Waals surface area (Å²) in [5, 5.41) is 0. The topological polar surface area (TPSA) is 35.5 Å². The van der Waals surface area contributed by atoms with Crippen LogP contribution in [0, 0.1) is 0 Å². The maximum Gasteiger partial charge on any atom is 0.496 e. The summed E-state index contributed by atoms with van der Waals surface area (Å²) in [5.41, 5.74) is 0.827. The van der Waals surface area contributed by atoms with Crippen molar-refractivity contribution in [1.82, 2.24) is 0 Å². The van der Waals surface area contributed by atoms with Crippen molar-refractivity contribution in [1.29, 1.82) is 0 Å². The van der Waals surface area contributed by atoms with Gasteiger partial charge in [-0.2, -0.15) is 0 Å². The third-order valence-corrected chi connectivity index (χ3v) is 4.71. The lowest BCUT2D eigenvalue weighted by Crippen LogP contribution is -2.41. The summed E-state index contributed by atoms with van der Waals surface area (Å²) in [7, 11) is -0.424. The molecule has 0 amide bonds. The fourth-order valence-corrected chi connectivity index (χ4v) is 2.58. The number of carbonyl (C=O) groups is 1. The van der Waals surface area contributed by atoms with Gasteiger partial charge in [0.15, 0.2) is 0 Å². The van der Waals surface area contributed by atoms with Crippen LogP contribution < -0.4 is 5.46 Å². The molecule has 1 fully saturated rings. The van der Waals surface area contributed by atoms with Crippen molar-refractivity contribution in [3.8, 4) is 0 Å².